The average Bonchev–Trinajstić information content (AvgIpc) is 2.86. The molecule has 0 unspecified atom stereocenters. The van der Waals surface area contributed by atoms with E-state index in [1.54, 1.807) is 6.08 Å². The lowest BCUT2D eigenvalue weighted by Gasteiger charge is -2.44. The number of halogens is 3. The summed E-state index contributed by atoms with van der Waals surface area (Å²) < 4.78 is 15.6. The minimum absolute atomic E-state index is 0.169. The summed E-state index contributed by atoms with van der Waals surface area (Å²) in [5.74, 6) is -1.19. The van der Waals surface area contributed by atoms with E-state index in [-0.39, 0.29) is 12.2 Å². The maximum atomic E-state index is 11.6. The van der Waals surface area contributed by atoms with Crippen LogP contribution in [0.4, 0.5) is 0 Å². The predicted octanol–water partition coefficient (Wildman–Crippen LogP) is 2.44. The Hall–Kier alpha value is -0.0400. The maximum Gasteiger partial charge on any atom is 0.274 e. The first-order valence-corrected chi connectivity index (χ1v) is 8.05. The van der Waals surface area contributed by atoms with E-state index in [1.807, 2.05) is 6.08 Å². The van der Waals surface area contributed by atoms with Gasteiger partial charge in [-0.25, -0.2) is 0 Å². The number of rotatable bonds is 1. The summed E-state index contributed by atoms with van der Waals surface area (Å²) in [6, 6.07) is 0. The van der Waals surface area contributed by atoms with Gasteiger partial charge >= 0.3 is 0 Å². The highest BCUT2D eigenvalue weighted by Gasteiger charge is 2.46. The van der Waals surface area contributed by atoms with E-state index < -0.39 is 21.7 Å². The van der Waals surface area contributed by atoms with Gasteiger partial charge in [0.25, 0.3) is 9.70 Å². The van der Waals surface area contributed by atoms with Crippen LogP contribution in [0.25, 0.3) is 0 Å². The molecule has 1 amide bonds. The van der Waals surface area contributed by atoms with Crippen molar-refractivity contribution in [1.82, 2.24) is 5.32 Å². The van der Waals surface area contributed by atoms with Gasteiger partial charge in [-0.1, -0.05) is 40.9 Å². The van der Waals surface area contributed by atoms with Crippen LogP contribution in [0.15, 0.2) is 12.2 Å². The lowest BCUT2D eigenvalue weighted by atomic mass is 10.1. The van der Waals surface area contributed by atoms with Gasteiger partial charge in [-0.05, 0) is 18.9 Å². The van der Waals surface area contributed by atoms with Crippen molar-refractivity contribution in [2.75, 3.05) is 6.61 Å². The molecule has 5 nitrogen and oxygen atoms in total. The van der Waals surface area contributed by atoms with E-state index >= 15 is 0 Å². The van der Waals surface area contributed by atoms with Crippen LogP contribution in [0.1, 0.15) is 25.7 Å². The highest BCUT2D eigenvalue weighted by molar-refractivity contribution is 6.76. The second kappa shape index (κ2) is 5.87. The molecule has 3 aliphatic rings. The van der Waals surface area contributed by atoms with E-state index in [4.69, 9.17) is 49.0 Å². The quantitative estimate of drug-likeness (QED) is 0.579. The third kappa shape index (κ3) is 3.49. The van der Waals surface area contributed by atoms with Gasteiger partial charge in [-0.2, -0.15) is 0 Å². The van der Waals surface area contributed by atoms with E-state index in [0.29, 0.717) is 6.61 Å². The van der Waals surface area contributed by atoms with Gasteiger partial charge in [0.05, 0.1) is 6.61 Å². The Balaban J connectivity index is 1.61. The zero-order chi connectivity index (χ0) is 15.1. The molecule has 3 rings (SSSR count). The van der Waals surface area contributed by atoms with Gasteiger partial charge in [0.15, 0.2) is 5.79 Å². The Kier molecular flexibility index (Phi) is 4.43. The molecule has 118 valence electrons. The molecule has 2 fully saturated rings. The standard InChI is InChI=1S/C13H16Cl3NO4/c14-13(15,16)11(18)17-10-4-3-8-9(20-10)7-19-12(21-8)5-1-2-6-12/h3-4,8-10H,1-2,5-7H2,(H,17,18)/t8-,9+,10+/m0/s1. The van der Waals surface area contributed by atoms with Gasteiger partial charge in [0.2, 0.25) is 0 Å². The van der Waals surface area contributed by atoms with Crippen molar-refractivity contribution in [2.45, 2.75) is 53.7 Å². The predicted molar refractivity (Wildman–Crippen MR) is 78.3 cm³/mol. The first-order valence-electron chi connectivity index (χ1n) is 6.91. The number of hydrogen-bond donors (Lipinski definition) is 1. The number of ether oxygens (including phenoxy) is 3. The van der Waals surface area contributed by atoms with Crippen LogP contribution in [0.5, 0.6) is 0 Å². The molecule has 1 N–H and O–H groups in total. The van der Waals surface area contributed by atoms with Gasteiger partial charge in [0.1, 0.15) is 18.4 Å². The summed E-state index contributed by atoms with van der Waals surface area (Å²) >= 11 is 16.5. The zero-order valence-corrected chi connectivity index (χ0v) is 13.5. The summed E-state index contributed by atoms with van der Waals surface area (Å²) in [7, 11) is 0. The van der Waals surface area contributed by atoms with Crippen molar-refractivity contribution < 1.29 is 19.0 Å². The molecule has 0 bridgehead atoms. The van der Waals surface area contributed by atoms with Crippen molar-refractivity contribution in [3.8, 4) is 0 Å². The fourth-order valence-electron chi connectivity index (χ4n) is 2.88. The Bertz CT molecular complexity index is 445. The van der Waals surface area contributed by atoms with Crippen molar-refractivity contribution in [3.05, 3.63) is 12.2 Å². The molecule has 3 atom stereocenters. The lowest BCUT2D eigenvalue weighted by molar-refractivity contribution is -0.319. The molecule has 0 aromatic carbocycles. The van der Waals surface area contributed by atoms with Crippen LogP contribution in [0.3, 0.4) is 0 Å². The first-order chi connectivity index (χ1) is 9.88. The van der Waals surface area contributed by atoms with E-state index in [0.717, 1.165) is 25.7 Å². The molecule has 1 saturated heterocycles. The minimum atomic E-state index is -2.01. The Labute approximate surface area is 137 Å². The number of fused-ring (bicyclic) bond motifs is 1. The summed E-state index contributed by atoms with van der Waals surface area (Å²) in [6.45, 7) is 0.426. The van der Waals surface area contributed by atoms with E-state index in [1.165, 1.54) is 0 Å². The number of carbonyl (C=O) groups is 1. The van der Waals surface area contributed by atoms with Gasteiger partial charge in [0, 0.05) is 12.8 Å². The third-order valence-corrected chi connectivity index (χ3v) is 4.44. The van der Waals surface area contributed by atoms with Crippen molar-refractivity contribution >= 4 is 40.7 Å². The fraction of sp³-hybridized carbons (Fsp3) is 0.769. The van der Waals surface area contributed by atoms with E-state index in [2.05, 4.69) is 5.32 Å². The van der Waals surface area contributed by atoms with Crippen molar-refractivity contribution in [1.29, 1.82) is 0 Å². The molecule has 8 heteroatoms. The number of carbonyl (C=O) groups excluding carboxylic acids is 1. The molecule has 2 heterocycles. The van der Waals surface area contributed by atoms with Crippen LogP contribution in [-0.2, 0) is 19.0 Å². The second-order valence-corrected chi connectivity index (χ2v) is 7.74. The molecule has 1 aliphatic carbocycles. The van der Waals surface area contributed by atoms with Crippen molar-refractivity contribution in [2.24, 2.45) is 0 Å². The molecule has 0 aromatic rings. The Morgan fingerprint density at radius 3 is 2.62 bits per heavy atom. The number of amides is 1. The molecule has 0 radical (unpaired) electrons. The largest absolute Gasteiger partial charge is 0.347 e. The van der Waals surface area contributed by atoms with Crippen molar-refractivity contribution in [3.63, 3.8) is 0 Å². The third-order valence-electron chi connectivity index (χ3n) is 3.92. The van der Waals surface area contributed by atoms with E-state index in [9.17, 15) is 4.79 Å². The molecule has 1 saturated carbocycles. The number of alkyl halides is 3. The van der Waals surface area contributed by atoms with Crippen LogP contribution in [-0.4, -0.2) is 40.5 Å². The molecular weight excluding hydrogens is 341 g/mol. The number of hydrogen-bond acceptors (Lipinski definition) is 4. The van der Waals surface area contributed by atoms with Gasteiger partial charge in [-0.15, -0.1) is 0 Å². The molecule has 2 aliphatic heterocycles. The SMILES string of the molecule is O=C(N[C@H]1C=C[C@@H]2OC3(CCCC3)OC[C@H]2O1)C(Cl)(Cl)Cl. The summed E-state index contributed by atoms with van der Waals surface area (Å²) in [5, 5.41) is 2.50. The monoisotopic (exact) mass is 355 g/mol. The molecule has 0 aromatic heterocycles. The first kappa shape index (κ1) is 15.8. The summed E-state index contributed by atoms with van der Waals surface area (Å²) in [6.07, 6.45) is 6.53. The smallest absolute Gasteiger partial charge is 0.274 e. The fourth-order valence-corrected chi connectivity index (χ4v) is 3.04. The van der Waals surface area contributed by atoms with Crippen LogP contribution in [0.2, 0.25) is 0 Å². The topological polar surface area (TPSA) is 56.8 Å². The van der Waals surface area contributed by atoms with Gasteiger partial charge in [-0.3, -0.25) is 4.79 Å². The Morgan fingerprint density at radius 2 is 1.95 bits per heavy atom. The lowest BCUT2D eigenvalue weighted by Crippen LogP contribution is -2.55. The average molecular weight is 357 g/mol. The zero-order valence-electron chi connectivity index (χ0n) is 11.2. The molecule has 1 spiro atoms. The molecular formula is C13H16Cl3NO4. The highest BCUT2D eigenvalue weighted by Crippen LogP contribution is 2.40. The summed E-state index contributed by atoms with van der Waals surface area (Å²) in [4.78, 5) is 11.6. The van der Waals surface area contributed by atoms with Crippen LogP contribution >= 0.6 is 34.8 Å². The molecule has 21 heavy (non-hydrogen) atoms. The van der Waals surface area contributed by atoms with Crippen LogP contribution in [0, 0.1) is 0 Å². The normalized spacial score (nSPS) is 34.7. The second-order valence-electron chi connectivity index (χ2n) is 5.46. The Morgan fingerprint density at radius 1 is 1.24 bits per heavy atom. The summed E-state index contributed by atoms with van der Waals surface area (Å²) in [5.41, 5.74) is 0. The number of nitrogens with one attached hydrogen (secondary N) is 1. The van der Waals surface area contributed by atoms with Gasteiger partial charge < -0.3 is 19.5 Å². The minimum Gasteiger partial charge on any atom is -0.347 e. The van der Waals surface area contributed by atoms with Crippen LogP contribution < -0.4 is 5.32 Å². The highest BCUT2D eigenvalue weighted by atomic mass is 35.6. The maximum absolute atomic E-state index is 11.6.